The first-order valence-electron chi connectivity index (χ1n) is 6.26. The second kappa shape index (κ2) is 7.71. The number of hydrazone groups is 1. The Morgan fingerprint density at radius 3 is 2.55 bits per heavy atom. The van der Waals surface area contributed by atoms with Crippen LogP contribution in [0.1, 0.15) is 5.69 Å². The Balaban J connectivity index is 2.13. The maximum absolute atomic E-state index is 12.1. The molecule has 0 spiro atoms. The molecule has 114 valence electrons. The summed E-state index contributed by atoms with van der Waals surface area (Å²) in [6, 6.07) is 13.4. The lowest BCUT2D eigenvalue weighted by molar-refractivity contribution is 0.598. The lowest BCUT2D eigenvalue weighted by Gasteiger charge is -2.03. The highest BCUT2D eigenvalue weighted by atomic mass is 32.2. The summed E-state index contributed by atoms with van der Waals surface area (Å²) in [7, 11) is -3.75. The van der Waals surface area contributed by atoms with Crippen molar-refractivity contribution >= 4 is 33.2 Å². The molecule has 1 heterocycles. The molecule has 0 aliphatic carbocycles. The van der Waals surface area contributed by atoms with Crippen LogP contribution in [0.4, 0.5) is 0 Å². The van der Waals surface area contributed by atoms with Crippen molar-refractivity contribution in [2.45, 2.75) is 4.90 Å². The number of pyridine rings is 1. The van der Waals surface area contributed by atoms with Crippen LogP contribution in [0.5, 0.6) is 0 Å². The van der Waals surface area contributed by atoms with Crippen LogP contribution in [-0.2, 0) is 10.0 Å². The van der Waals surface area contributed by atoms with E-state index < -0.39 is 10.0 Å². The van der Waals surface area contributed by atoms with Gasteiger partial charge in [-0.25, -0.2) is 0 Å². The number of amidine groups is 1. The molecule has 1 aromatic heterocycles. The van der Waals surface area contributed by atoms with Crippen LogP contribution in [0.15, 0.2) is 69.1 Å². The maximum atomic E-state index is 12.1. The number of aromatic nitrogens is 1. The molecule has 22 heavy (non-hydrogen) atoms. The van der Waals surface area contributed by atoms with E-state index in [0.717, 1.165) is 11.8 Å². The van der Waals surface area contributed by atoms with Gasteiger partial charge in [0, 0.05) is 6.20 Å². The molecule has 0 bridgehead atoms. The van der Waals surface area contributed by atoms with Gasteiger partial charge in [0.15, 0.2) is 5.17 Å². The van der Waals surface area contributed by atoms with Crippen molar-refractivity contribution in [3.63, 3.8) is 0 Å². The largest absolute Gasteiger partial charge is 0.284 e. The molecule has 0 radical (unpaired) electrons. The average Bonchev–Trinajstić information content (AvgIpc) is 2.55. The number of thioether (sulfide) groups is 1. The second-order valence-electron chi connectivity index (χ2n) is 4.01. The van der Waals surface area contributed by atoms with Crippen molar-refractivity contribution < 1.29 is 8.42 Å². The molecule has 2 rings (SSSR count). The molecule has 0 unspecified atom stereocenters. The third-order valence-corrected chi connectivity index (χ3v) is 4.46. The average molecular weight is 334 g/mol. The van der Waals surface area contributed by atoms with Gasteiger partial charge < -0.3 is 0 Å². The van der Waals surface area contributed by atoms with Crippen molar-refractivity contribution in [3.8, 4) is 0 Å². The second-order valence-corrected chi connectivity index (χ2v) is 6.41. The highest BCUT2D eigenvalue weighted by Crippen LogP contribution is 2.12. The maximum Gasteiger partial charge on any atom is 0.284 e. The number of benzene rings is 1. The SMILES string of the molecule is CSC(=NS(=O)(=O)c1ccccc1)NN=Cc1ccccn1. The molecule has 2 aromatic rings. The minimum Gasteiger partial charge on any atom is -0.255 e. The Kier molecular flexibility index (Phi) is 5.68. The van der Waals surface area contributed by atoms with E-state index in [-0.39, 0.29) is 10.1 Å². The first kappa shape index (κ1) is 16.2. The molecule has 0 fully saturated rings. The summed E-state index contributed by atoms with van der Waals surface area (Å²) in [6.07, 6.45) is 4.84. The zero-order valence-electron chi connectivity index (χ0n) is 11.7. The van der Waals surface area contributed by atoms with Crippen molar-refractivity contribution in [2.24, 2.45) is 9.50 Å². The van der Waals surface area contributed by atoms with E-state index in [9.17, 15) is 8.42 Å². The predicted molar refractivity (Wildman–Crippen MR) is 89.5 cm³/mol. The number of hydrogen-bond acceptors (Lipinski definition) is 5. The number of hydrogen-bond donors (Lipinski definition) is 1. The fraction of sp³-hybridized carbons (Fsp3) is 0.0714. The third-order valence-electron chi connectivity index (χ3n) is 2.48. The molecule has 0 atom stereocenters. The number of nitrogens with zero attached hydrogens (tertiary/aromatic N) is 3. The summed E-state index contributed by atoms with van der Waals surface area (Å²) >= 11 is 1.15. The highest BCUT2D eigenvalue weighted by Gasteiger charge is 2.13. The molecule has 1 aromatic carbocycles. The molecular formula is C14H14N4O2S2. The Morgan fingerprint density at radius 2 is 1.91 bits per heavy atom. The van der Waals surface area contributed by atoms with Gasteiger partial charge in [-0.05, 0) is 30.5 Å². The van der Waals surface area contributed by atoms with Gasteiger partial charge in [0.25, 0.3) is 10.0 Å². The van der Waals surface area contributed by atoms with E-state index >= 15 is 0 Å². The van der Waals surface area contributed by atoms with Crippen LogP contribution >= 0.6 is 11.8 Å². The fourth-order valence-electron chi connectivity index (χ4n) is 1.46. The number of nitrogens with one attached hydrogen (secondary N) is 1. The topological polar surface area (TPSA) is 83.8 Å². The van der Waals surface area contributed by atoms with Crippen LogP contribution in [0, 0.1) is 0 Å². The van der Waals surface area contributed by atoms with E-state index in [2.05, 4.69) is 19.9 Å². The molecule has 8 heteroatoms. The Labute approximate surface area is 133 Å². The summed E-state index contributed by atoms with van der Waals surface area (Å²) in [5.74, 6) is 0. The quantitative estimate of drug-likeness (QED) is 0.526. The summed E-state index contributed by atoms with van der Waals surface area (Å²) < 4.78 is 28.0. The van der Waals surface area contributed by atoms with Crippen molar-refractivity contribution in [1.82, 2.24) is 10.4 Å². The van der Waals surface area contributed by atoms with Crippen LogP contribution < -0.4 is 5.43 Å². The minimum atomic E-state index is -3.75. The predicted octanol–water partition coefficient (Wildman–Crippen LogP) is 2.11. The monoisotopic (exact) mass is 334 g/mol. The van der Waals surface area contributed by atoms with E-state index in [1.165, 1.54) is 18.3 Å². The lowest BCUT2D eigenvalue weighted by Crippen LogP contribution is -2.16. The van der Waals surface area contributed by atoms with Crippen molar-refractivity contribution in [1.29, 1.82) is 0 Å². The molecule has 0 saturated carbocycles. The first-order chi connectivity index (χ1) is 10.6. The zero-order chi connectivity index (χ0) is 15.8. The van der Waals surface area contributed by atoms with Crippen LogP contribution in [-0.4, -0.2) is 31.0 Å². The van der Waals surface area contributed by atoms with Gasteiger partial charge in [-0.3, -0.25) is 10.4 Å². The molecule has 6 nitrogen and oxygen atoms in total. The highest BCUT2D eigenvalue weighted by molar-refractivity contribution is 8.13. The van der Waals surface area contributed by atoms with Crippen LogP contribution in [0.25, 0.3) is 0 Å². The number of sulfonamides is 1. The third kappa shape index (κ3) is 4.68. The van der Waals surface area contributed by atoms with E-state index in [1.54, 1.807) is 42.8 Å². The Morgan fingerprint density at radius 1 is 1.18 bits per heavy atom. The zero-order valence-corrected chi connectivity index (χ0v) is 13.4. The van der Waals surface area contributed by atoms with Crippen molar-refractivity contribution in [2.75, 3.05) is 6.26 Å². The van der Waals surface area contributed by atoms with Crippen LogP contribution in [0.2, 0.25) is 0 Å². The molecule has 0 aliphatic rings. The van der Waals surface area contributed by atoms with E-state index in [4.69, 9.17) is 0 Å². The number of rotatable bonds is 4. The molecule has 0 amide bonds. The normalized spacial score (nSPS) is 12.5. The van der Waals surface area contributed by atoms with Crippen LogP contribution in [0.3, 0.4) is 0 Å². The smallest absolute Gasteiger partial charge is 0.255 e. The molecule has 0 saturated heterocycles. The molecular weight excluding hydrogens is 320 g/mol. The van der Waals surface area contributed by atoms with Gasteiger partial charge in [0.05, 0.1) is 16.8 Å². The van der Waals surface area contributed by atoms with Gasteiger partial charge in [-0.1, -0.05) is 36.0 Å². The van der Waals surface area contributed by atoms with Gasteiger partial charge in [0.1, 0.15) is 0 Å². The van der Waals surface area contributed by atoms with Gasteiger partial charge in [-0.15, -0.1) is 4.40 Å². The summed E-state index contributed by atoms with van der Waals surface area (Å²) in [5, 5.41) is 4.11. The Hall–Kier alpha value is -2.19. The molecule has 1 N–H and O–H groups in total. The summed E-state index contributed by atoms with van der Waals surface area (Å²) in [6.45, 7) is 0. The van der Waals surface area contributed by atoms with Crippen molar-refractivity contribution in [3.05, 3.63) is 60.4 Å². The van der Waals surface area contributed by atoms with Gasteiger partial charge in [-0.2, -0.15) is 13.5 Å². The first-order valence-corrected chi connectivity index (χ1v) is 8.92. The standard InChI is InChI=1S/C14H14N4O2S2/c1-21-14(17-16-11-12-7-5-6-10-15-12)18-22(19,20)13-8-3-2-4-9-13/h2-11H,1H3,(H,17,18). The lowest BCUT2D eigenvalue weighted by atomic mass is 10.4. The van der Waals surface area contributed by atoms with Gasteiger partial charge in [0.2, 0.25) is 0 Å². The van der Waals surface area contributed by atoms with E-state index in [1.807, 2.05) is 6.07 Å². The van der Waals surface area contributed by atoms with E-state index in [0.29, 0.717) is 5.69 Å². The fourth-order valence-corrected chi connectivity index (χ4v) is 3.07. The minimum absolute atomic E-state index is 0.136. The Bertz CT molecular complexity index is 760. The molecule has 0 aliphatic heterocycles. The summed E-state index contributed by atoms with van der Waals surface area (Å²) in [4.78, 5) is 4.21. The van der Waals surface area contributed by atoms with Gasteiger partial charge >= 0.3 is 0 Å². The summed E-state index contributed by atoms with van der Waals surface area (Å²) in [5.41, 5.74) is 3.26.